The fraction of sp³-hybridized carbons (Fsp3) is 0.375. The Bertz CT molecular complexity index is 693. The molecular weight excluding hydrogens is 317 g/mol. The lowest BCUT2D eigenvalue weighted by Gasteiger charge is -2.19. The van der Waals surface area contributed by atoms with Crippen molar-refractivity contribution < 1.29 is 23.4 Å². The minimum absolute atomic E-state index is 0.0546. The number of nitrogens with one attached hydrogen (secondary N) is 2. The third-order valence-corrected chi connectivity index (χ3v) is 3.58. The zero-order valence-corrected chi connectivity index (χ0v) is 13.1. The van der Waals surface area contributed by atoms with Gasteiger partial charge in [-0.2, -0.15) is 5.10 Å². The van der Waals surface area contributed by atoms with E-state index in [0.29, 0.717) is 19.0 Å². The van der Waals surface area contributed by atoms with Crippen molar-refractivity contribution >= 4 is 5.91 Å². The molecule has 3 rings (SSSR count). The van der Waals surface area contributed by atoms with E-state index >= 15 is 0 Å². The molecule has 1 aromatic carbocycles. The third-order valence-electron chi connectivity index (χ3n) is 3.58. The number of rotatable bonds is 6. The summed E-state index contributed by atoms with van der Waals surface area (Å²) in [4.78, 5) is 12.0. The van der Waals surface area contributed by atoms with Gasteiger partial charge in [0, 0.05) is 0 Å². The van der Waals surface area contributed by atoms with Crippen LogP contribution >= 0.6 is 0 Å². The minimum Gasteiger partial charge on any atom is -0.482 e. The van der Waals surface area contributed by atoms with Crippen LogP contribution in [0.15, 0.2) is 30.6 Å². The Morgan fingerprint density at radius 1 is 1.50 bits per heavy atom. The maximum Gasteiger partial charge on any atom is 0.258 e. The lowest BCUT2D eigenvalue weighted by atomic mass is 10.2. The van der Waals surface area contributed by atoms with Gasteiger partial charge in [0.15, 0.2) is 23.9 Å². The average Bonchev–Trinajstić information content (AvgIpc) is 3.21. The second-order valence-electron chi connectivity index (χ2n) is 5.52. The number of nitrogens with zero attached hydrogens (tertiary/aromatic N) is 1. The van der Waals surface area contributed by atoms with Gasteiger partial charge in [-0.3, -0.25) is 9.89 Å². The average molecular weight is 335 g/mol. The second-order valence-corrected chi connectivity index (χ2v) is 5.52. The summed E-state index contributed by atoms with van der Waals surface area (Å²) in [5.74, 6) is -0.243. The van der Waals surface area contributed by atoms with Crippen molar-refractivity contribution in [2.45, 2.75) is 19.1 Å². The Morgan fingerprint density at radius 3 is 3.17 bits per heavy atom. The quantitative estimate of drug-likeness (QED) is 0.828. The number of aromatic nitrogens is 2. The number of carbonyl (C=O) groups is 1. The van der Waals surface area contributed by atoms with Gasteiger partial charge in [0.1, 0.15) is 6.10 Å². The molecule has 0 aliphatic carbocycles. The number of aromatic amines is 1. The Balaban J connectivity index is 1.51. The maximum atomic E-state index is 13.6. The van der Waals surface area contributed by atoms with Gasteiger partial charge in [-0.05, 0) is 24.6 Å². The molecule has 1 aliphatic heterocycles. The van der Waals surface area contributed by atoms with E-state index in [0.717, 1.165) is 5.56 Å². The van der Waals surface area contributed by atoms with Gasteiger partial charge in [-0.15, -0.1) is 0 Å². The van der Waals surface area contributed by atoms with Crippen molar-refractivity contribution in [1.29, 1.82) is 0 Å². The van der Waals surface area contributed by atoms with E-state index in [1.54, 1.807) is 24.5 Å². The molecule has 1 fully saturated rings. The first-order chi connectivity index (χ1) is 11.6. The molecule has 1 saturated heterocycles. The zero-order valence-electron chi connectivity index (χ0n) is 13.1. The molecule has 128 valence electrons. The number of ether oxygens (including phenoxy) is 3. The molecule has 7 nitrogen and oxygen atoms in total. The van der Waals surface area contributed by atoms with E-state index < -0.39 is 5.82 Å². The van der Waals surface area contributed by atoms with E-state index in [9.17, 15) is 9.18 Å². The highest BCUT2D eigenvalue weighted by atomic mass is 19.1. The number of hydrogen-bond donors (Lipinski definition) is 2. The molecule has 0 saturated carbocycles. The van der Waals surface area contributed by atoms with Gasteiger partial charge < -0.3 is 19.5 Å². The minimum atomic E-state index is -0.501. The van der Waals surface area contributed by atoms with Gasteiger partial charge >= 0.3 is 0 Å². The van der Waals surface area contributed by atoms with Gasteiger partial charge in [-0.25, -0.2) is 4.39 Å². The standard InChI is InChI=1S/C16H18FN3O4/c1-10-2-3-12(17)14(4-10)23-9-16(21)20-13-7-22-8-15(13)24-11-5-18-19-6-11/h2-6,13,15H,7-9H2,1H3,(H,18,19)(H,20,21)/t13-,15+/m0/s1. The monoisotopic (exact) mass is 335 g/mol. The first-order valence-electron chi connectivity index (χ1n) is 7.53. The van der Waals surface area contributed by atoms with Crippen LogP contribution in [-0.2, 0) is 9.53 Å². The molecule has 0 spiro atoms. The normalized spacial score (nSPS) is 19.9. The van der Waals surface area contributed by atoms with E-state index in [1.165, 1.54) is 6.07 Å². The Labute approximate surface area is 138 Å². The van der Waals surface area contributed by atoms with Gasteiger partial charge in [-0.1, -0.05) is 6.07 Å². The van der Waals surface area contributed by atoms with Gasteiger partial charge in [0.25, 0.3) is 5.91 Å². The summed E-state index contributed by atoms with van der Waals surface area (Å²) in [5.41, 5.74) is 0.851. The number of amides is 1. The van der Waals surface area contributed by atoms with E-state index in [1.807, 2.05) is 6.92 Å². The predicted octanol–water partition coefficient (Wildman–Crippen LogP) is 1.20. The number of aryl methyl sites for hydroxylation is 1. The highest BCUT2D eigenvalue weighted by Gasteiger charge is 2.31. The lowest BCUT2D eigenvalue weighted by Crippen LogP contribution is -2.46. The Morgan fingerprint density at radius 2 is 2.38 bits per heavy atom. The second kappa shape index (κ2) is 7.31. The maximum absolute atomic E-state index is 13.6. The van der Waals surface area contributed by atoms with Crippen molar-refractivity contribution in [2.75, 3.05) is 19.8 Å². The van der Waals surface area contributed by atoms with Gasteiger partial charge in [0.2, 0.25) is 0 Å². The molecule has 1 aromatic heterocycles. The number of H-pyrrole nitrogens is 1. The van der Waals surface area contributed by atoms with Crippen LogP contribution in [0.2, 0.25) is 0 Å². The van der Waals surface area contributed by atoms with Crippen molar-refractivity contribution in [1.82, 2.24) is 15.5 Å². The summed E-state index contributed by atoms with van der Waals surface area (Å²) < 4.78 is 29.9. The molecule has 2 N–H and O–H groups in total. The summed E-state index contributed by atoms with van der Waals surface area (Å²) in [6.07, 6.45) is 2.84. The van der Waals surface area contributed by atoms with Gasteiger partial charge in [0.05, 0.1) is 31.6 Å². The highest BCUT2D eigenvalue weighted by molar-refractivity contribution is 5.78. The molecule has 1 aliphatic rings. The van der Waals surface area contributed by atoms with Crippen molar-refractivity contribution in [3.63, 3.8) is 0 Å². The number of benzene rings is 1. The molecule has 24 heavy (non-hydrogen) atoms. The Kier molecular flexibility index (Phi) is 4.95. The van der Waals surface area contributed by atoms with Crippen LogP contribution in [0.25, 0.3) is 0 Å². The lowest BCUT2D eigenvalue weighted by molar-refractivity contribution is -0.124. The van der Waals surface area contributed by atoms with Crippen LogP contribution in [0.3, 0.4) is 0 Å². The van der Waals surface area contributed by atoms with Crippen LogP contribution in [0.1, 0.15) is 5.56 Å². The fourth-order valence-corrected chi connectivity index (χ4v) is 2.38. The zero-order chi connectivity index (χ0) is 16.9. The molecule has 1 amide bonds. The van der Waals surface area contributed by atoms with E-state index in [-0.39, 0.29) is 30.4 Å². The molecule has 0 bridgehead atoms. The van der Waals surface area contributed by atoms with Crippen LogP contribution in [0.4, 0.5) is 4.39 Å². The van der Waals surface area contributed by atoms with E-state index in [4.69, 9.17) is 14.2 Å². The first kappa shape index (κ1) is 16.3. The summed E-state index contributed by atoms with van der Waals surface area (Å²) >= 11 is 0. The summed E-state index contributed by atoms with van der Waals surface area (Å²) in [6, 6.07) is 4.18. The summed E-state index contributed by atoms with van der Waals surface area (Å²) in [5, 5.41) is 9.22. The fourth-order valence-electron chi connectivity index (χ4n) is 2.38. The summed E-state index contributed by atoms with van der Waals surface area (Å²) in [6.45, 7) is 2.24. The van der Waals surface area contributed by atoms with Crippen molar-refractivity contribution in [3.8, 4) is 11.5 Å². The van der Waals surface area contributed by atoms with Crippen LogP contribution in [0, 0.1) is 12.7 Å². The largest absolute Gasteiger partial charge is 0.482 e. The third kappa shape index (κ3) is 4.02. The van der Waals surface area contributed by atoms with Crippen LogP contribution in [-0.4, -0.2) is 48.1 Å². The van der Waals surface area contributed by atoms with Crippen molar-refractivity contribution in [2.24, 2.45) is 0 Å². The van der Waals surface area contributed by atoms with Crippen molar-refractivity contribution in [3.05, 3.63) is 42.0 Å². The van der Waals surface area contributed by atoms with Crippen LogP contribution in [0.5, 0.6) is 11.5 Å². The van der Waals surface area contributed by atoms with E-state index in [2.05, 4.69) is 15.5 Å². The first-order valence-corrected chi connectivity index (χ1v) is 7.53. The Hall–Kier alpha value is -2.61. The number of hydrogen-bond acceptors (Lipinski definition) is 5. The smallest absolute Gasteiger partial charge is 0.258 e. The van der Waals surface area contributed by atoms with Crippen LogP contribution < -0.4 is 14.8 Å². The SMILES string of the molecule is Cc1ccc(F)c(OCC(=O)N[C@H]2COC[C@H]2Oc2cn[nH]c2)c1. The predicted molar refractivity (Wildman–Crippen MR) is 82.4 cm³/mol. The molecule has 8 heteroatoms. The molecule has 2 aromatic rings. The highest BCUT2D eigenvalue weighted by Crippen LogP contribution is 2.18. The molecular formula is C16H18FN3O4. The molecule has 0 radical (unpaired) electrons. The summed E-state index contributed by atoms with van der Waals surface area (Å²) in [7, 11) is 0. The number of carbonyl (C=O) groups excluding carboxylic acids is 1. The molecule has 2 heterocycles. The molecule has 2 atom stereocenters. The molecule has 0 unspecified atom stereocenters. The topological polar surface area (TPSA) is 85.5 Å². The number of halogens is 1.